The summed E-state index contributed by atoms with van der Waals surface area (Å²) in [5, 5.41) is 9.68. The Hall–Kier alpha value is -0.890. The normalized spacial score (nSPS) is 26.1. The summed E-state index contributed by atoms with van der Waals surface area (Å²) in [7, 11) is 0. The number of aliphatic hydroxyl groups is 1. The fraction of sp³-hybridized carbons (Fsp3) is 0.615. The van der Waals surface area contributed by atoms with E-state index in [0.29, 0.717) is 12.8 Å². The summed E-state index contributed by atoms with van der Waals surface area (Å²) in [4.78, 5) is 11.9. The molecule has 1 unspecified atom stereocenters. The Bertz CT molecular complexity index is 321. The first-order chi connectivity index (χ1) is 6.88. The van der Waals surface area contributed by atoms with Crippen molar-refractivity contribution in [2.45, 2.75) is 46.6 Å². The molecule has 0 aromatic carbocycles. The Morgan fingerprint density at radius 1 is 1.53 bits per heavy atom. The minimum absolute atomic E-state index is 0.0897. The average molecular weight is 208 g/mol. The summed E-state index contributed by atoms with van der Waals surface area (Å²) in [5.74, 6) is 0.0897. The molecule has 0 aromatic rings. The number of allylic oxidation sites excluding steroid dienone is 3. The number of carbonyl (C=O) groups excluding carboxylic acids is 1. The summed E-state index contributed by atoms with van der Waals surface area (Å²) in [6, 6.07) is 0. The van der Waals surface area contributed by atoms with Gasteiger partial charge < -0.3 is 5.11 Å². The highest BCUT2D eigenvalue weighted by Gasteiger charge is 2.35. The Labute approximate surface area is 91.7 Å². The molecule has 0 saturated heterocycles. The summed E-state index contributed by atoms with van der Waals surface area (Å²) in [6.45, 7) is 7.84. The van der Waals surface area contributed by atoms with Gasteiger partial charge >= 0.3 is 0 Å². The van der Waals surface area contributed by atoms with Crippen LogP contribution in [0, 0.1) is 5.41 Å². The summed E-state index contributed by atoms with van der Waals surface area (Å²) >= 11 is 0. The molecule has 0 fully saturated rings. The molecular weight excluding hydrogens is 188 g/mol. The molecular formula is C13H20O2. The fourth-order valence-corrected chi connectivity index (χ4v) is 2.57. The lowest BCUT2D eigenvalue weighted by Crippen LogP contribution is -2.32. The molecule has 0 amide bonds. The second kappa shape index (κ2) is 4.31. The average Bonchev–Trinajstić information content (AvgIpc) is 1.99. The van der Waals surface area contributed by atoms with Gasteiger partial charge in [-0.25, -0.2) is 0 Å². The van der Waals surface area contributed by atoms with E-state index in [1.54, 1.807) is 12.2 Å². The van der Waals surface area contributed by atoms with Crippen LogP contribution in [0.2, 0.25) is 0 Å². The Morgan fingerprint density at radius 2 is 2.13 bits per heavy atom. The maximum Gasteiger partial charge on any atom is 0.181 e. The van der Waals surface area contributed by atoms with Crippen molar-refractivity contribution in [3.8, 4) is 0 Å². The maximum absolute atomic E-state index is 11.9. The van der Waals surface area contributed by atoms with Gasteiger partial charge in [-0.1, -0.05) is 25.5 Å². The van der Waals surface area contributed by atoms with Crippen LogP contribution in [-0.4, -0.2) is 17.0 Å². The SMILES string of the molecule is C/C=C/C(=O)C1=C(C)CC(O)CC1(C)C. The first-order valence-electron chi connectivity index (χ1n) is 5.44. The number of hydrogen-bond acceptors (Lipinski definition) is 2. The smallest absolute Gasteiger partial charge is 0.181 e. The van der Waals surface area contributed by atoms with Crippen molar-refractivity contribution >= 4 is 5.78 Å². The van der Waals surface area contributed by atoms with E-state index in [4.69, 9.17) is 0 Å². The van der Waals surface area contributed by atoms with Crippen molar-refractivity contribution in [3.05, 3.63) is 23.3 Å². The molecule has 1 atom stereocenters. The molecule has 0 saturated carbocycles. The van der Waals surface area contributed by atoms with Crippen molar-refractivity contribution in [1.82, 2.24) is 0 Å². The van der Waals surface area contributed by atoms with E-state index in [-0.39, 0.29) is 17.3 Å². The monoisotopic (exact) mass is 208 g/mol. The van der Waals surface area contributed by atoms with Gasteiger partial charge in [-0.3, -0.25) is 4.79 Å². The molecule has 1 rings (SSSR count). The quantitative estimate of drug-likeness (QED) is 0.708. The van der Waals surface area contributed by atoms with Crippen LogP contribution < -0.4 is 0 Å². The van der Waals surface area contributed by atoms with Crippen LogP contribution in [0.25, 0.3) is 0 Å². The lowest BCUT2D eigenvalue weighted by atomic mass is 9.70. The Balaban J connectivity index is 3.11. The second-order valence-electron chi connectivity index (χ2n) is 4.97. The van der Waals surface area contributed by atoms with Crippen molar-refractivity contribution in [2.24, 2.45) is 5.41 Å². The molecule has 0 spiro atoms. The van der Waals surface area contributed by atoms with Crippen molar-refractivity contribution in [3.63, 3.8) is 0 Å². The van der Waals surface area contributed by atoms with Gasteiger partial charge in [-0.05, 0) is 38.2 Å². The highest BCUT2D eigenvalue weighted by Crippen LogP contribution is 2.40. The maximum atomic E-state index is 11.9. The minimum Gasteiger partial charge on any atom is -0.393 e. The number of rotatable bonds is 2. The van der Waals surface area contributed by atoms with Gasteiger partial charge in [-0.15, -0.1) is 0 Å². The zero-order valence-electron chi connectivity index (χ0n) is 10.0. The Morgan fingerprint density at radius 3 is 2.60 bits per heavy atom. The number of aliphatic hydroxyl groups excluding tert-OH is 1. The molecule has 15 heavy (non-hydrogen) atoms. The summed E-state index contributed by atoms with van der Waals surface area (Å²) in [5.41, 5.74) is 1.70. The third-order valence-electron chi connectivity index (χ3n) is 2.96. The number of ketones is 1. The fourth-order valence-electron chi connectivity index (χ4n) is 2.57. The predicted molar refractivity (Wildman–Crippen MR) is 61.5 cm³/mol. The standard InChI is InChI=1S/C13H20O2/c1-5-6-11(15)12-9(2)7-10(14)8-13(12,3)4/h5-6,10,14H,7-8H2,1-4H3/b6-5+. The van der Waals surface area contributed by atoms with E-state index < -0.39 is 0 Å². The van der Waals surface area contributed by atoms with Crippen molar-refractivity contribution in [2.75, 3.05) is 0 Å². The molecule has 0 radical (unpaired) electrons. The Kier molecular flexibility index (Phi) is 3.50. The van der Waals surface area contributed by atoms with Gasteiger partial charge in [0, 0.05) is 5.57 Å². The molecule has 1 aliphatic carbocycles. The molecule has 0 heterocycles. The van der Waals surface area contributed by atoms with Gasteiger partial charge in [0.25, 0.3) is 0 Å². The first kappa shape index (κ1) is 12.2. The van der Waals surface area contributed by atoms with Crippen LogP contribution in [0.15, 0.2) is 23.3 Å². The lowest BCUT2D eigenvalue weighted by molar-refractivity contribution is -0.112. The van der Waals surface area contributed by atoms with Crippen LogP contribution in [0.4, 0.5) is 0 Å². The zero-order valence-corrected chi connectivity index (χ0v) is 10.0. The van der Waals surface area contributed by atoms with Crippen LogP contribution in [-0.2, 0) is 4.79 Å². The molecule has 1 N–H and O–H groups in total. The van der Waals surface area contributed by atoms with E-state index >= 15 is 0 Å². The molecule has 0 aliphatic heterocycles. The molecule has 1 aliphatic rings. The van der Waals surface area contributed by atoms with Gasteiger partial charge in [0.05, 0.1) is 6.10 Å². The topological polar surface area (TPSA) is 37.3 Å². The highest BCUT2D eigenvalue weighted by atomic mass is 16.3. The molecule has 0 bridgehead atoms. The third-order valence-corrected chi connectivity index (χ3v) is 2.96. The van der Waals surface area contributed by atoms with E-state index in [2.05, 4.69) is 0 Å². The van der Waals surface area contributed by atoms with Crippen LogP contribution in [0.5, 0.6) is 0 Å². The molecule has 2 nitrogen and oxygen atoms in total. The van der Waals surface area contributed by atoms with Gasteiger partial charge in [0.2, 0.25) is 0 Å². The van der Waals surface area contributed by atoms with Crippen LogP contribution in [0.3, 0.4) is 0 Å². The van der Waals surface area contributed by atoms with Crippen molar-refractivity contribution in [1.29, 1.82) is 0 Å². The van der Waals surface area contributed by atoms with Crippen LogP contribution >= 0.6 is 0 Å². The predicted octanol–water partition coefficient (Wildman–Crippen LogP) is 2.63. The van der Waals surface area contributed by atoms with Gasteiger partial charge in [0.15, 0.2) is 5.78 Å². The second-order valence-corrected chi connectivity index (χ2v) is 4.97. The van der Waals surface area contributed by atoms with Gasteiger partial charge in [-0.2, -0.15) is 0 Å². The number of hydrogen-bond donors (Lipinski definition) is 1. The van der Waals surface area contributed by atoms with E-state index in [1.807, 2.05) is 27.7 Å². The van der Waals surface area contributed by atoms with Gasteiger partial charge in [0.1, 0.15) is 0 Å². The third kappa shape index (κ3) is 2.57. The first-order valence-corrected chi connectivity index (χ1v) is 5.44. The van der Waals surface area contributed by atoms with Crippen LogP contribution in [0.1, 0.15) is 40.5 Å². The highest BCUT2D eigenvalue weighted by molar-refractivity contribution is 6.05. The number of carbonyl (C=O) groups is 1. The van der Waals surface area contributed by atoms with E-state index in [1.165, 1.54) is 0 Å². The molecule has 2 heteroatoms. The van der Waals surface area contributed by atoms with E-state index in [0.717, 1.165) is 11.1 Å². The van der Waals surface area contributed by atoms with Crippen molar-refractivity contribution < 1.29 is 9.90 Å². The largest absolute Gasteiger partial charge is 0.393 e. The molecule has 84 valence electrons. The minimum atomic E-state index is -0.304. The molecule has 0 aromatic heterocycles. The van der Waals surface area contributed by atoms with E-state index in [9.17, 15) is 9.90 Å². The lowest BCUT2D eigenvalue weighted by Gasteiger charge is -2.35. The summed E-state index contributed by atoms with van der Waals surface area (Å²) < 4.78 is 0. The zero-order chi connectivity index (χ0) is 11.6. The summed E-state index contributed by atoms with van der Waals surface area (Å²) in [6.07, 6.45) is 4.37.